The van der Waals surface area contributed by atoms with Crippen LogP contribution in [0.15, 0.2) is 85.2 Å². The van der Waals surface area contributed by atoms with Gasteiger partial charge in [0.05, 0.1) is 5.69 Å². The maximum Gasteiger partial charge on any atom is 0.274 e. The van der Waals surface area contributed by atoms with E-state index in [-0.39, 0.29) is 5.91 Å². The second-order valence-electron chi connectivity index (χ2n) is 6.32. The van der Waals surface area contributed by atoms with Crippen molar-refractivity contribution >= 4 is 36.0 Å². The summed E-state index contributed by atoms with van der Waals surface area (Å²) in [6.45, 7) is 0. The van der Waals surface area contributed by atoms with Crippen molar-refractivity contribution in [1.29, 1.82) is 0 Å². The molecule has 1 amide bonds. The number of hydrogen-bond acceptors (Lipinski definition) is 3. The molecule has 0 fully saturated rings. The monoisotopic (exact) mass is 398 g/mol. The molecule has 4 rings (SSSR count). The molecule has 0 radical (unpaired) electrons. The summed E-state index contributed by atoms with van der Waals surface area (Å²) in [7, 11) is 0. The Balaban J connectivity index is 1.56. The van der Waals surface area contributed by atoms with E-state index in [0.717, 1.165) is 16.9 Å². The standard InChI is InChI=1S/C23H18N4OS/c28-22(21-16-25-23(29)27(21)20-10-2-1-3-11-20)26-19-9-6-7-17(15-19)12-13-18-8-4-5-14-24-18/h1-16H,(H,25,29)(H,26,28)/b13-12+. The Hall–Kier alpha value is -3.77. The number of rotatable bonds is 5. The number of carbonyl (C=O) groups is 1. The smallest absolute Gasteiger partial charge is 0.274 e. The lowest BCUT2D eigenvalue weighted by atomic mass is 10.1. The number of imidazole rings is 1. The number of aromatic nitrogens is 3. The fourth-order valence-corrected chi connectivity index (χ4v) is 3.20. The molecule has 2 N–H and O–H groups in total. The van der Waals surface area contributed by atoms with Crippen LogP contribution in [0.2, 0.25) is 0 Å². The minimum atomic E-state index is -0.243. The molecular formula is C23H18N4OS. The molecule has 29 heavy (non-hydrogen) atoms. The van der Waals surface area contributed by atoms with Gasteiger partial charge in [0.25, 0.3) is 5.91 Å². The highest BCUT2D eigenvalue weighted by Gasteiger charge is 2.14. The van der Waals surface area contributed by atoms with E-state index in [0.29, 0.717) is 16.2 Å². The van der Waals surface area contributed by atoms with Crippen LogP contribution in [0, 0.1) is 4.77 Å². The van der Waals surface area contributed by atoms with Gasteiger partial charge in [-0.3, -0.25) is 14.3 Å². The molecule has 0 unspecified atom stereocenters. The molecule has 0 bridgehead atoms. The SMILES string of the molecule is O=C(Nc1cccc(/C=C/c2ccccn2)c1)c1c[nH]c(=S)n1-c1ccccc1. The van der Waals surface area contributed by atoms with E-state index >= 15 is 0 Å². The molecule has 0 spiro atoms. The van der Waals surface area contributed by atoms with E-state index < -0.39 is 0 Å². The Bertz CT molecular complexity index is 1210. The van der Waals surface area contributed by atoms with Gasteiger partial charge in [0, 0.05) is 23.8 Å². The Morgan fingerprint density at radius 2 is 1.83 bits per heavy atom. The van der Waals surface area contributed by atoms with Crippen molar-refractivity contribution in [2.75, 3.05) is 5.32 Å². The zero-order valence-corrected chi connectivity index (χ0v) is 16.3. The van der Waals surface area contributed by atoms with Gasteiger partial charge in [-0.15, -0.1) is 0 Å². The van der Waals surface area contributed by atoms with Crippen LogP contribution in [0.5, 0.6) is 0 Å². The number of carbonyl (C=O) groups excluding carboxylic acids is 1. The lowest BCUT2D eigenvalue weighted by molar-refractivity contribution is 0.102. The van der Waals surface area contributed by atoms with E-state index in [1.165, 1.54) is 0 Å². The second kappa shape index (κ2) is 8.50. The fourth-order valence-electron chi connectivity index (χ4n) is 2.94. The van der Waals surface area contributed by atoms with Crippen molar-refractivity contribution in [3.05, 3.63) is 107 Å². The summed E-state index contributed by atoms with van der Waals surface area (Å²) in [4.78, 5) is 20.1. The molecular weight excluding hydrogens is 380 g/mol. The number of H-pyrrole nitrogens is 1. The highest BCUT2D eigenvalue weighted by molar-refractivity contribution is 7.71. The molecule has 0 saturated carbocycles. The Kier molecular flexibility index (Phi) is 5.45. The van der Waals surface area contributed by atoms with Crippen LogP contribution < -0.4 is 5.32 Å². The Morgan fingerprint density at radius 3 is 2.62 bits per heavy atom. The summed E-state index contributed by atoms with van der Waals surface area (Å²) >= 11 is 5.35. The third-order valence-electron chi connectivity index (χ3n) is 4.30. The molecule has 0 aliphatic rings. The maximum atomic E-state index is 12.9. The first-order valence-electron chi connectivity index (χ1n) is 9.07. The minimum Gasteiger partial charge on any atom is -0.336 e. The first-order chi connectivity index (χ1) is 14.2. The minimum absolute atomic E-state index is 0.243. The number of para-hydroxylation sites is 1. The predicted molar refractivity (Wildman–Crippen MR) is 119 cm³/mol. The number of nitrogens with zero attached hydrogens (tertiary/aromatic N) is 2. The third kappa shape index (κ3) is 4.39. The molecule has 0 aliphatic carbocycles. The van der Waals surface area contributed by atoms with Crippen LogP contribution in [0.3, 0.4) is 0 Å². The quantitative estimate of drug-likeness (QED) is 0.445. The highest BCUT2D eigenvalue weighted by atomic mass is 32.1. The lowest BCUT2D eigenvalue weighted by Crippen LogP contribution is -2.16. The molecule has 4 aromatic rings. The van der Waals surface area contributed by atoms with Gasteiger partial charge in [-0.1, -0.05) is 42.5 Å². The number of amides is 1. The van der Waals surface area contributed by atoms with Crippen molar-refractivity contribution in [2.24, 2.45) is 0 Å². The van der Waals surface area contributed by atoms with E-state index in [1.807, 2.05) is 84.9 Å². The van der Waals surface area contributed by atoms with Crippen LogP contribution in [0.4, 0.5) is 5.69 Å². The second-order valence-corrected chi connectivity index (χ2v) is 6.70. The van der Waals surface area contributed by atoms with Gasteiger partial charge in [-0.05, 0) is 60.3 Å². The van der Waals surface area contributed by atoms with E-state index in [2.05, 4.69) is 15.3 Å². The van der Waals surface area contributed by atoms with Crippen LogP contribution in [-0.4, -0.2) is 20.4 Å². The molecule has 2 aromatic heterocycles. The van der Waals surface area contributed by atoms with Gasteiger partial charge in [0.1, 0.15) is 5.69 Å². The number of nitrogens with one attached hydrogen (secondary N) is 2. The largest absolute Gasteiger partial charge is 0.336 e. The number of benzene rings is 2. The van der Waals surface area contributed by atoms with Crippen molar-refractivity contribution in [2.45, 2.75) is 0 Å². The van der Waals surface area contributed by atoms with Gasteiger partial charge in [0.15, 0.2) is 4.77 Å². The van der Waals surface area contributed by atoms with E-state index in [1.54, 1.807) is 17.0 Å². The summed E-state index contributed by atoms with van der Waals surface area (Å²) in [6.07, 6.45) is 7.26. The van der Waals surface area contributed by atoms with E-state index in [9.17, 15) is 4.79 Å². The van der Waals surface area contributed by atoms with Crippen LogP contribution in [0.25, 0.3) is 17.8 Å². The van der Waals surface area contributed by atoms with Gasteiger partial charge < -0.3 is 10.3 Å². The molecule has 0 aliphatic heterocycles. The summed E-state index contributed by atoms with van der Waals surface area (Å²) in [5, 5.41) is 2.94. The molecule has 2 heterocycles. The van der Waals surface area contributed by atoms with Gasteiger partial charge in [-0.2, -0.15) is 0 Å². The number of pyridine rings is 1. The molecule has 6 heteroatoms. The number of anilines is 1. The van der Waals surface area contributed by atoms with Crippen LogP contribution in [0.1, 0.15) is 21.7 Å². The van der Waals surface area contributed by atoms with Crippen molar-refractivity contribution in [1.82, 2.24) is 14.5 Å². The van der Waals surface area contributed by atoms with Crippen LogP contribution in [-0.2, 0) is 0 Å². The van der Waals surface area contributed by atoms with Crippen molar-refractivity contribution < 1.29 is 4.79 Å². The average molecular weight is 398 g/mol. The summed E-state index contributed by atoms with van der Waals surface area (Å²) < 4.78 is 2.18. The number of hydrogen-bond donors (Lipinski definition) is 2. The first kappa shape index (κ1) is 18.6. The maximum absolute atomic E-state index is 12.9. The Labute approximate surface area is 173 Å². The normalized spacial score (nSPS) is 10.9. The van der Waals surface area contributed by atoms with E-state index in [4.69, 9.17) is 12.2 Å². The number of aromatic amines is 1. The molecule has 0 atom stereocenters. The molecule has 5 nitrogen and oxygen atoms in total. The zero-order valence-electron chi connectivity index (χ0n) is 15.4. The predicted octanol–water partition coefficient (Wildman–Crippen LogP) is 5.35. The van der Waals surface area contributed by atoms with Crippen LogP contribution >= 0.6 is 12.2 Å². The summed E-state index contributed by atoms with van der Waals surface area (Å²) in [5.74, 6) is -0.243. The first-order valence-corrected chi connectivity index (χ1v) is 9.48. The molecule has 2 aromatic carbocycles. The topological polar surface area (TPSA) is 62.7 Å². The summed E-state index contributed by atoms with van der Waals surface area (Å²) in [6, 6.07) is 22.9. The molecule has 0 saturated heterocycles. The van der Waals surface area contributed by atoms with Gasteiger partial charge in [0.2, 0.25) is 0 Å². The van der Waals surface area contributed by atoms with Gasteiger partial charge in [-0.25, -0.2) is 0 Å². The Morgan fingerprint density at radius 1 is 1.00 bits per heavy atom. The molecule has 142 valence electrons. The lowest BCUT2D eigenvalue weighted by Gasteiger charge is -2.09. The zero-order chi connectivity index (χ0) is 20.1. The van der Waals surface area contributed by atoms with Crippen molar-refractivity contribution in [3.8, 4) is 5.69 Å². The highest BCUT2D eigenvalue weighted by Crippen LogP contribution is 2.17. The third-order valence-corrected chi connectivity index (χ3v) is 4.60. The fraction of sp³-hybridized carbons (Fsp3) is 0. The average Bonchev–Trinajstić information content (AvgIpc) is 3.15. The summed E-state index contributed by atoms with van der Waals surface area (Å²) in [5.41, 5.74) is 3.80. The van der Waals surface area contributed by atoms with Gasteiger partial charge >= 0.3 is 0 Å². The van der Waals surface area contributed by atoms with Crippen molar-refractivity contribution in [3.63, 3.8) is 0 Å².